The first kappa shape index (κ1) is 13.4. The molecule has 1 atom stereocenters. The van der Waals surface area contributed by atoms with E-state index in [-0.39, 0.29) is 6.04 Å². The molecule has 0 aromatic heterocycles. The van der Waals surface area contributed by atoms with Crippen LogP contribution in [0.25, 0.3) is 0 Å². The summed E-state index contributed by atoms with van der Waals surface area (Å²) in [6.07, 6.45) is 0.755. The molecule has 1 aromatic carbocycles. The first-order valence-electron chi connectivity index (χ1n) is 6.29. The summed E-state index contributed by atoms with van der Waals surface area (Å²) in [5.41, 5.74) is 7.59. The molecule has 0 aliphatic carbocycles. The largest absolute Gasteiger partial charge is 0.399 e. The minimum atomic E-state index is -2.81. The van der Waals surface area contributed by atoms with Gasteiger partial charge in [-0.15, -0.1) is 0 Å². The number of nitrogens with two attached hydrogens (primary N) is 1. The second-order valence-corrected chi connectivity index (χ2v) is 7.09. The van der Waals surface area contributed by atoms with Gasteiger partial charge in [-0.05, 0) is 30.7 Å². The molecule has 5 heteroatoms. The number of anilines is 1. The minimum Gasteiger partial charge on any atom is -0.399 e. The van der Waals surface area contributed by atoms with Gasteiger partial charge in [-0.2, -0.15) is 0 Å². The molecule has 1 heterocycles. The van der Waals surface area contributed by atoms with Gasteiger partial charge >= 0.3 is 0 Å². The molecule has 1 aliphatic rings. The molecule has 0 amide bonds. The molecule has 0 radical (unpaired) electrons. The van der Waals surface area contributed by atoms with E-state index < -0.39 is 9.84 Å². The summed E-state index contributed by atoms with van der Waals surface area (Å²) < 4.78 is 23.0. The van der Waals surface area contributed by atoms with Crippen LogP contribution >= 0.6 is 0 Å². The van der Waals surface area contributed by atoms with Crippen molar-refractivity contribution in [3.05, 3.63) is 29.8 Å². The van der Waals surface area contributed by atoms with Crippen LogP contribution in [0.3, 0.4) is 0 Å². The fourth-order valence-electron chi connectivity index (χ4n) is 2.42. The highest BCUT2D eigenvalue weighted by Crippen LogP contribution is 2.20. The standard InChI is InChI=1S/C13H20N2O2S/c1-2-15(13-7-8-18(16,17)10-13)9-11-3-5-12(14)6-4-11/h3-6,13H,2,7-10,14H2,1H3. The van der Waals surface area contributed by atoms with Crippen molar-refractivity contribution in [2.75, 3.05) is 23.8 Å². The molecular weight excluding hydrogens is 248 g/mol. The zero-order valence-electron chi connectivity index (χ0n) is 10.7. The van der Waals surface area contributed by atoms with Crippen molar-refractivity contribution in [3.8, 4) is 0 Å². The monoisotopic (exact) mass is 268 g/mol. The fraction of sp³-hybridized carbons (Fsp3) is 0.538. The summed E-state index contributed by atoms with van der Waals surface area (Å²) in [4.78, 5) is 2.23. The third-order valence-corrected chi connectivity index (χ3v) is 5.25. The maximum Gasteiger partial charge on any atom is 0.151 e. The van der Waals surface area contributed by atoms with E-state index in [1.165, 1.54) is 5.56 Å². The van der Waals surface area contributed by atoms with Crippen molar-refractivity contribution < 1.29 is 8.42 Å². The van der Waals surface area contributed by atoms with Crippen LogP contribution in [0.2, 0.25) is 0 Å². The van der Waals surface area contributed by atoms with Crippen LogP contribution in [0.1, 0.15) is 18.9 Å². The van der Waals surface area contributed by atoms with Crippen LogP contribution in [0, 0.1) is 0 Å². The number of nitrogens with zero attached hydrogens (tertiary/aromatic N) is 1. The average molecular weight is 268 g/mol. The molecule has 100 valence electrons. The maximum absolute atomic E-state index is 11.5. The number of nitrogen functional groups attached to an aromatic ring is 1. The third-order valence-electron chi connectivity index (χ3n) is 3.50. The summed E-state index contributed by atoms with van der Waals surface area (Å²) in [6.45, 7) is 3.73. The maximum atomic E-state index is 11.5. The number of rotatable bonds is 4. The quantitative estimate of drug-likeness (QED) is 0.836. The summed E-state index contributed by atoms with van der Waals surface area (Å²) in [5.74, 6) is 0.631. The Balaban J connectivity index is 2.04. The normalized spacial score (nSPS) is 22.4. The van der Waals surface area contributed by atoms with Crippen molar-refractivity contribution in [1.82, 2.24) is 4.90 Å². The molecule has 1 unspecified atom stereocenters. The molecule has 2 N–H and O–H groups in total. The van der Waals surface area contributed by atoms with Gasteiger partial charge in [-0.25, -0.2) is 8.42 Å². The molecule has 0 spiro atoms. The zero-order valence-corrected chi connectivity index (χ0v) is 11.5. The van der Waals surface area contributed by atoms with Gasteiger partial charge in [0.15, 0.2) is 9.84 Å². The number of hydrogen-bond acceptors (Lipinski definition) is 4. The Bertz CT molecular complexity index is 496. The van der Waals surface area contributed by atoms with Crippen molar-refractivity contribution >= 4 is 15.5 Å². The van der Waals surface area contributed by atoms with Crippen molar-refractivity contribution in [1.29, 1.82) is 0 Å². The van der Waals surface area contributed by atoms with E-state index in [1.54, 1.807) is 0 Å². The van der Waals surface area contributed by atoms with Crippen molar-refractivity contribution in [3.63, 3.8) is 0 Å². The van der Waals surface area contributed by atoms with E-state index in [4.69, 9.17) is 5.73 Å². The Morgan fingerprint density at radius 2 is 2.00 bits per heavy atom. The van der Waals surface area contributed by atoms with E-state index in [9.17, 15) is 8.42 Å². The third kappa shape index (κ3) is 3.23. The van der Waals surface area contributed by atoms with Crippen LogP contribution < -0.4 is 5.73 Å². The second kappa shape index (κ2) is 5.28. The molecular formula is C13H20N2O2S. The average Bonchev–Trinajstić information content (AvgIpc) is 2.69. The summed E-state index contributed by atoms with van der Waals surface area (Å²) >= 11 is 0. The van der Waals surface area contributed by atoms with Crippen LogP contribution in [-0.4, -0.2) is 37.4 Å². The smallest absolute Gasteiger partial charge is 0.151 e. The van der Waals surface area contributed by atoms with E-state index >= 15 is 0 Å². The summed E-state index contributed by atoms with van der Waals surface area (Å²) in [7, 11) is -2.81. The van der Waals surface area contributed by atoms with Crippen molar-refractivity contribution in [2.24, 2.45) is 0 Å². The van der Waals surface area contributed by atoms with Gasteiger partial charge < -0.3 is 5.73 Å². The minimum absolute atomic E-state index is 0.164. The molecule has 1 aliphatic heterocycles. The molecule has 4 nitrogen and oxygen atoms in total. The van der Waals surface area contributed by atoms with Crippen LogP contribution in [0.15, 0.2) is 24.3 Å². The molecule has 1 aromatic rings. The molecule has 0 saturated carbocycles. The van der Waals surface area contributed by atoms with E-state index in [2.05, 4.69) is 11.8 Å². The van der Waals surface area contributed by atoms with E-state index in [1.807, 2.05) is 24.3 Å². The number of hydrogen-bond donors (Lipinski definition) is 1. The van der Waals surface area contributed by atoms with Gasteiger partial charge in [0.25, 0.3) is 0 Å². The summed E-state index contributed by atoms with van der Waals surface area (Å²) in [5, 5.41) is 0. The Kier molecular flexibility index (Phi) is 3.92. The highest BCUT2D eigenvalue weighted by molar-refractivity contribution is 7.91. The van der Waals surface area contributed by atoms with Gasteiger partial charge in [0.2, 0.25) is 0 Å². The molecule has 1 fully saturated rings. The molecule has 2 rings (SSSR count). The highest BCUT2D eigenvalue weighted by Gasteiger charge is 2.31. The zero-order chi connectivity index (χ0) is 13.2. The summed E-state index contributed by atoms with van der Waals surface area (Å²) in [6, 6.07) is 7.93. The first-order chi connectivity index (χ1) is 8.50. The first-order valence-corrected chi connectivity index (χ1v) is 8.11. The Morgan fingerprint density at radius 1 is 1.33 bits per heavy atom. The predicted molar refractivity (Wildman–Crippen MR) is 74.0 cm³/mol. The molecule has 1 saturated heterocycles. The Hall–Kier alpha value is -1.07. The van der Waals surface area contributed by atoms with Crippen LogP contribution in [-0.2, 0) is 16.4 Å². The lowest BCUT2D eigenvalue weighted by molar-refractivity contribution is 0.215. The van der Waals surface area contributed by atoms with Gasteiger partial charge in [0, 0.05) is 18.3 Å². The van der Waals surface area contributed by atoms with Crippen molar-refractivity contribution in [2.45, 2.75) is 25.9 Å². The van der Waals surface area contributed by atoms with Gasteiger partial charge in [0.1, 0.15) is 0 Å². The molecule has 0 bridgehead atoms. The van der Waals surface area contributed by atoms with Gasteiger partial charge in [0.05, 0.1) is 11.5 Å². The SMILES string of the molecule is CCN(Cc1ccc(N)cc1)C1CCS(=O)(=O)C1. The van der Waals surface area contributed by atoms with Gasteiger partial charge in [-0.3, -0.25) is 4.90 Å². The fourth-order valence-corrected chi connectivity index (χ4v) is 4.18. The topological polar surface area (TPSA) is 63.4 Å². The van der Waals surface area contributed by atoms with E-state index in [0.717, 1.165) is 25.2 Å². The second-order valence-electron chi connectivity index (χ2n) is 4.86. The lowest BCUT2D eigenvalue weighted by atomic mass is 10.1. The van der Waals surface area contributed by atoms with Gasteiger partial charge in [-0.1, -0.05) is 19.1 Å². The Labute approximate surface area is 109 Å². The van der Waals surface area contributed by atoms with E-state index in [0.29, 0.717) is 11.5 Å². The molecule has 18 heavy (non-hydrogen) atoms. The van der Waals surface area contributed by atoms with Crippen LogP contribution in [0.4, 0.5) is 5.69 Å². The number of sulfone groups is 1. The lowest BCUT2D eigenvalue weighted by Crippen LogP contribution is -2.35. The predicted octanol–water partition coefficient (Wildman–Crippen LogP) is 1.28. The van der Waals surface area contributed by atoms with Crippen LogP contribution in [0.5, 0.6) is 0 Å². The Morgan fingerprint density at radius 3 is 2.50 bits per heavy atom. The highest BCUT2D eigenvalue weighted by atomic mass is 32.2. The lowest BCUT2D eigenvalue weighted by Gasteiger charge is -2.26. The number of benzene rings is 1.